The lowest BCUT2D eigenvalue weighted by atomic mass is 9.81. The highest BCUT2D eigenvalue weighted by molar-refractivity contribution is 6.08. The number of hydrogen-bond acceptors (Lipinski definition) is 6. The summed E-state index contributed by atoms with van der Waals surface area (Å²) in [5.41, 5.74) is 11.6. The van der Waals surface area contributed by atoms with E-state index in [0.29, 0.717) is 29.0 Å². The van der Waals surface area contributed by atoms with Crippen molar-refractivity contribution in [2.75, 3.05) is 26.1 Å². The van der Waals surface area contributed by atoms with E-state index in [1.165, 1.54) is 0 Å². The highest BCUT2D eigenvalue weighted by atomic mass is 16.5. The number of hydrogen-bond donors (Lipinski definition) is 2. The summed E-state index contributed by atoms with van der Waals surface area (Å²) >= 11 is 0. The van der Waals surface area contributed by atoms with Crippen LogP contribution in [0.1, 0.15) is 53.6 Å². The summed E-state index contributed by atoms with van der Waals surface area (Å²) in [6, 6.07) is 13.4. The van der Waals surface area contributed by atoms with Crippen LogP contribution in [0, 0.1) is 12.8 Å². The molecule has 1 aliphatic carbocycles. The van der Waals surface area contributed by atoms with Gasteiger partial charge in [-0.05, 0) is 75.4 Å². The van der Waals surface area contributed by atoms with Crippen LogP contribution in [0.15, 0.2) is 54.9 Å². The number of carbonyl (C=O) groups is 1. The summed E-state index contributed by atoms with van der Waals surface area (Å²) in [4.78, 5) is 23.2. The molecule has 0 spiro atoms. The Bertz CT molecular complexity index is 1750. The number of rotatable bonds is 7. The number of benzene rings is 2. The molecule has 2 aromatic carbocycles. The van der Waals surface area contributed by atoms with Gasteiger partial charge < -0.3 is 25.1 Å². The molecule has 0 unspecified atom stereocenters. The van der Waals surface area contributed by atoms with Gasteiger partial charge in [0.15, 0.2) is 0 Å². The summed E-state index contributed by atoms with van der Waals surface area (Å²) in [6.45, 7) is 2.76. The van der Waals surface area contributed by atoms with Crippen LogP contribution < -0.4 is 20.5 Å². The van der Waals surface area contributed by atoms with Crippen LogP contribution >= 0.6 is 0 Å². The van der Waals surface area contributed by atoms with Crippen LogP contribution in [0.25, 0.3) is 27.7 Å². The first-order chi connectivity index (χ1) is 19.9. The Morgan fingerprint density at radius 2 is 1.85 bits per heavy atom. The Balaban J connectivity index is 1.34. The van der Waals surface area contributed by atoms with Crippen molar-refractivity contribution < 1.29 is 14.3 Å². The Morgan fingerprint density at radius 3 is 2.59 bits per heavy atom. The molecule has 3 aromatic heterocycles. The van der Waals surface area contributed by atoms with Crippen LogP contribution in [0.3, 0.4) is 0 Å². The lowest BCUT2D eigenvalue weighted by Gasteiger charge is -2.26. The fraction of sp³-hybridized carbons (Fsp3) is 0.344. The van der Waals surface area contributed by atoms with Gasteiger partial charge in [-0.15, -0.1) is 0 Å². The number of aromatic nitrogens is 4. The van der Waals surface area contributed by atoms with E-state index in [1.807, 2.05) is 73.4 Å². The number of nitrogens with zero attached hydrogens (tertiary/aromatic N) is 4. The molecule has 0 atom stereocenters. The highest BCUT2D eigenvalue weighted by Gasteiger charge is 2.27. The maximum Gasteiger partial charge on any atom is 0.272 e. The molecule has 3 N–H and O–H groups in total. The molecule has 5 aromatic rings. The number of anilines is 1. The van der Waals surface area contributed by atoms with E-state index < -0.39 is 0 Å². The van der Waals surface area contributed by atoms with Crippen molar-refractivity contribution in [1.29, 1.82) is 0 Å². The van der Waals surface area contributed by atoms with E-state index >= 15 is 0 Å². The first kappa shape index (κ1) is 26.8. The molecule has 0 radical (unpaired) electrons. The maximum absolute atomic E-state index is 13.4. The normalized spacial score (nSPS) is 17.2. The van der Waals surface area contributed by atoms with Crippen LogP contribution in [-0.4, -0.2) is 45.6 Å². The molecule has 9 heteroatoms. The zero-order valence-electron chi connectivity index (χ0n) is 24.0. The topological polar surface area (TPSA) is 109 Å². The molecule has 41 heavy (non-hydrogen) atoms. The second kappa shape index (κ2) is 10.9. The third kappa shape index (κ3) is 4.70. The highest BCUT2D eigenvalue weighted by Crippen LogP contribution is 2.39. The second-order valence-corrected chi connectivity index (χ2v) is 10.9. The maximum atomic E-state index is 13.4. The smallest absolute Gasteiger partial charge is 0.272 e. The van der Waals surface area contributed by atoms with E-state index in [1.54, 1.807) is 14.2 Å². The first-order valence-electron chi connectivity index (χ1n) is 14.1. The van der Waals surface area contributed by atoms with Gasteiger partial charge in [0.05, 0.1) is 42.3 Å². The molecular formula is C32H36N6O3. The van der Waals surface area contributed by atoms with Crippen molar-refractivity contribution in [3.63, 3.8) is 0 Å². The summed E-state index contributed by atoms with van der Waals surface area (Å²) in [7, 11) is 5.11. The molecule has 3 heterocycles. The minimum atomic E-state index is -0.236. The monoisotopic (exact) mass is 552 g/mol. The Labute approximate surface area is 239 Å². The largest absolute Gasteiger partial charge is 0.496 e. The quantitative estimate of drug-likeness (QED) is 0.268. The molecule has 212 valence electrons. The number of aryl methyl sites for hydroxylation is 2. The van der Waals surface area contributed by atoms with Crippen molar-refractivity contribution in [3.05, 3.63) is 72.1 Å². The third-order valence-corrected chi connectivity index (χ3v) is 8.53. The van der Waals surface area contributed by atoms with Crippen molar-refractivity contribution in [2.24, 2.45) is 18.7 Å². The number of amides is 1. The van der Waals surface area contributed by atoms with E-state index in [4.69, 9.17) is 20.2 Å². The van der Waals surface area contributed by atoms with E-state index in [9.17, 15) is 4.79 Å². The summed E-state index contributed by atoms with van der Waals surface area (Å²) < 4.78 is 15.3. The standard InChI is InChI=1S/C32H36N6O3/c1-19-30-29(36-31(38(30)15-14-34-19)21-10-8-20(18-33)9-11-21)22-12-13-24(28(16-22)41-4)35-32(39)26-17-23-25(37(26)2)6-5-7-27(23)40-3/h5-7,12-17,20-21H,8-11,18,33H2,1-4H3,(H,35,39)/t20-,21-. The third-order valence-electron chi connectivity index (χ3n) is 8.53. The molecule has 6 rings (SSSR count). The van der Waals surface area contributed by atoms with Crippen LogP contribution in [-0.2, 0) is 7.05 Å². The number of carbonyl (C=O) groups excluding carboxylic acids is 1. The van der Waals surface area contributed by atoms with Gasteiger partial charge in [0, 0.05) is 36.3 Å². The first-order valence-corrected chi connectivity index (χ1v) is 14.1. The minimum absolute atomic E-state index is 0.236. The van der Waals surface area contributed by atoms with Gasteiger partial charge in [-0.3, -0.25) is 14.2 Å². The Hall–Kier alpha value is -4.37. The molecule has 0 saturated heterocycles. The number of nitrogens with two attached hydrogens (primary N) is 1. The molecule has 9 nitrogen and oxygen atoms in total. The predicted octanol–water partition coefficient (Wildman–Crippen LogP) is 5.70. The molecule has 1 saturated carbocycles. The lowest BCUT2D eigenvalue weighted by molar-refractivity contribution is 0.101. The molecule has 0 bridgehead atoms. The fourth-order valence-corrected chi connectivity index (χ4v) is 6.22. The number of ether oxygens (including phenoxy) is 2. The number of imidazole rings is 1. The zero-order chi connectivity index (χ0) is 28.7. The second-order valence-electron chi connectivity index (χ2n) is 10.9. The van der Waals surface area contributed by atoms with Crippen LogP contribution in [0.2, 0.25) is 0 Å². The Morgan fingerprint density at radius 1 is 1.07 bits per heavy atom. The van der Waals surface area contributed by atoms with Gasteiger partial charge in [0.1, 0.15) is 23.0 Å². The average Bonchev–Trinajstić information content (AvgIpc) is 3.56. The summed E-state index contributed by atoms with van der Waals surface area (Å²) in [6.07, 6.45) is 8.26. The zero-order valence-corrected chi connectivity index (χ0v) is 24.0. The summed E-state index contributed by atoms with van der Waals surface area (Å²) in [5.74, 6) is 3.09. The minimum Gasteiger partial charge on any atom is -0.496 e. The SMILES string of the molecule is COc1cc(-c2nc([C@H]3CC[C@H](CN)CC3)n3ccnc(C)c23)ccc1NC(=O)c1cc2c(OC)cccc2n1C. The molecule has 1 fully saturated rings. The molecule has 1 aliphatic rings. The van der Waals surface area contributed by atoms with Crippen LogP contribution in [0.5, 0.6) is 11.5 Å². The van der Waals surface area contributed by atoms with E-state index in [2.05, 4.69) is 14.7 Å². The van der Waals surface area contributed by atoms with Gasteiger partial charge in [0.25, 0.3) is 5.91 Å². The van der Waals surface area contributed by atoms with Gasteiger partial charge in [-0.25, -0.2) is 4.98 Å². The van der Waals surface area contributed by atoms with Gasteiger partial charge in [0.2, 0.25) is 0 Å². The van der Waals surface area contributed by atoms with Crippen LogP contribution in [0.4, 0.5) is 5.69 Å². The van der Waals surface area contributed by atoms with Crippen molar-refractivity contribution >= 4 is 28.0 Å². The average molecular weight is 553 g/mol. The number of nitrogens with one attached hydrogen (secondary N) is 1. The van der Waals surface area contributed by atoms with Crippen molar-refractivity contribution in [1.82, 2.24) is 18.9 Å². The summed E-state index contributed by atoms with van der Waals surface area (Å²) in [5, 5.41) is 3.92. The van der Waals surface area contributed by atoms with Crippen molar-refractivity contribution in [2.45, 2.75) is 38.5 Å². The predicted molar refractivity (Wildman–Crippen MR) is 161 cm³/mol. The van der Waals surface area contributed by atoms with Gasteiger partial charge in [-0.2, -0.15) is 0 Å². The number of fused-ring (bicyclic) bond motifs is 2. The van der Waals surface area contributed by atoms with Gasteiger partial charge >= 0.3 is 0 Å². The molecule has 1 amide bonds. The van der Waals surface area contributed by atoms with E-state index in [0.717, 1.165) is 77.2 Å². The number of methoxy groups -OCH3 is 2. The Kier molecular flexibility index (Phi) is 7.13. The lowest BCUT2D eigenvalue weighted by Crippen LogP contribution is -2.21. The molecule has 0 aliphatic heterocycles. The molecular weight excluding hydrogens is 516 g/mol. The van der Waals surface area contributed by atoms with Gasteiger partial charge in [-0.1, -0.05) is 12.1 Å². The van der Waals surface area contributed by atoms with Crippen molar-refractivity contribution in [3.8, 4) is 22.8 Å². The fourth-order valence-electron chi connectivity index (χ4n) is 6.22. The van der Waals surface area contributed by atoms with E-state index in [-0.39, 0.29) is 5.91 Å².